The minimum absolute atomic E-state index is 0.0788. The van der Waals surface area contributed by atoms with E-state index in [4.69, 9.17) is 23.2 Å². The normalized spacial score (nSPS) is 11.7. The molecule has 6 heteroatoms. The molecule has 1 unspecified atom stereocenters. The standard InChI is InChI=1S/C19H20Cl2N2O2/c1-13(15-7-4-3-5-8-15)23(14(2)24)12-11-18(25)22-17-10-6-9-16(20)19(17)21/h3-10,13H,11-12H2,1-2H3,(H,22,25). The summed E-state index contributed by atoms with van der Waals surface area (Å²) in [5.41, 5.74) is 1.49. The van der Waals surface area contributed by atoms with Crippen molar-refractivity contribution in [3.05, 3.63) is 64.1 Å². The quantitative estimate of drug-likeness (QED) is 0.774. The molecule has 0 saturated heterocycles. The maximum absolute atomic E-state index is 12.2. The Balaban J connectivity index is 2.00. The third-order valence-electron chi connectivity index (χ3n) is 3.96. The Hall–Kier alpha value is -2.04. The second-order valence-electron chi connectivity index (χ2n) is 5.70. The Morgan fingerprint density at radius 1 is 1.08 bits per heavy atom. The molecule has 25 heavy (non-hydrogen) atoms. The molecule has 4 nitrogen and oxygen atoms in total. The van der Waals surface area contributed by atoms with Crippen LogP contribution in [0.15, 0.2) is 48.5 Å². The molecule has 0 aliphatic heterocycles. The van der Waals surface area contributed by atoms with E-state index in [2.05, 4.69) is 5.32 Å². The van der Waals surface area contributed by atoms with Gasteiger partial charge < -0.3 is 10.2 Å². The largest absolute Gasteiger partial charge is 0.336 e. The molecule has 1 atom stereocenters. The molecule has 0 saturated carbocycles. The van der Waals surface area contributed by atoms with Crippen LogP contribution in [0.4, 0.5) is 5.69 Å². The van der Waals surface area contributed by atoms with E-state index in [0.717, 1.165) is 5.56 Å². The summed E-state index contributed by atoms with van der Waals surface area (Å²) in [5, 5.41) is 3.41. The lowest BCUT2D eigenvalue weighted by Crippen LogP contribution is -2.34. The number of amides is 2. The van der Waals surface area contributed by atoms with Crippen molar-refractivity contribution >= 4 is 40.7 Å². The zero-order valence-electron chi connectivity index (χ0n) is 14.1. The predicted molar refractivity (Wildman–Crippen MR) is 102 cm³/mol. The Morgan fingerprint density at radius 3 is 2.40 bits per heavy atom. The lowest BCUT2D eigenvalue weighted by molar-refractivity contribution is -0.131. The molecule has 0 fully saturated rings. The first-order valence-corrected chi connectivity index (χ1v) is 8.71. The molecule has 0 radical (unpaired) electrons. The number of nitrogens with zero attached hydrogens (tertiary/aromatic N) is 1. The Bertz CT molecular complexity index is 750. The molecular formula is C19H20Cl2N2O2. The van der Waals surface area contributed by atoms with E-state index >= 15 is 0 Å². The van der Waals surface area contributed by atoms with Crippen LogP contribution in [0.5, 0.6) is 0 Å². The van der Waals surface area contributed by atoms with Crippen LogP contribution in [-0.2, 0) is 9.59 Å². The summed E-state index contributed by atoms with van der Waals surface area (Å²) in [5.74, 6) is -0.305. The third kappa shape index (κ3) is 5.21. The molecule has 2 aromatic carbocycles. The van der Waals surface area contributed by atoms with Crippen LogP contribution in [0.25, 0.3) is 0 Å². The highest BCUT2D eigenvalue weighted by molar-refractivity contribution is 6.43. The average molecular weight is 379 g/mol. The smallest absolute Gasteiger partial charge is 0.226 e. The summed E-state index contributed by atoms with van der Waals surface area (Å²) >= 11 is 12.0. The second-order valence-corrected chi connectivity index (χ2v) is 6.48. The summed E-state index contributed by atoms with van der Waals surface area (Å²) in [6.45, 7) is 3.77. The van der Waals surface area contributed by atoms with Gasteiger partial charge in [-0.25, -0.2) is 0 Å². The van der Waals surface area contributed by atoms with E-state index in [1.54, 1.807) is 23.1 Å². The van der Waals surface area contributed by atoms with Gasteiger partial charge in [0.15, 0.2) is 0 Å². The first-order valence-electron chi connectivity index (χ1n) is 7.96. The fourth-order valence-corrected chi connectivity index (χ4v) is 2.92. The van der Waals surface area contributed by atoms with Crippen molar-refractivity contribution < 1.29 is 9.59 Å². The monoisotopic (exact) mass is 378 g/mol. The second kappa shape index (κ2) is 8.88. The minimum atomic E-state index is -0.226. The van der Waals surface area contributed by atoms with Crippen molar-refractivity contribution in [2.24, 2.45) is 0 Å². The fourth-order valence-electron chi connectivity index (χ4n) is 2.57. The van der Waals surface area contributed by atoms with Crippen LogP contribution in [-0.4, -0.2) is 23.3 Å². The van der Waals surface area contributed by atoms with Gasteiger partial charge in [-0.3, -0.25) is 9.59 Å². The van der Waals surface area contributed by atoms with Crippen LogP contribution in [0.1, 0.15) is 31.9 Å². The highest BCUT2D eigenvalue weighted by Crippen LogP contribution is 2.29. The first-order chi connectivity index (χ1) is 11.9. The predicted octanol–water partition coefficient (Wildman–Crippen LogP) is 4.93. The highest BCUT2D eigenvalue weighted by atomic mass is 35.5. The zero-order chi connectivity index (χ0) is 18.4. The van der Waals surface area contributed by atoms with Crippen molar-refractivity contribution in [1.82, 2.24) is 4.90 Å². The SMILES string of the molecule is CC(=O)N(CCC(=O)Nc1cccc(Cl)c1Cl)C(C)c1ccccc1. The molecule has 2 aromatic rings. The summed E-state index contributed by atoms with van der Waals surface area (Å²) < 4.78 is 0. The van der Waals surface area contributed by atoms with Gasteiger partial charge in [0.25, 0.3) is 0 Å². The molecular weight excluding hydrogens is 359 g/mol. The van der Waals surface area contributed by atoms with Gasteiger partial charge in [-0.1, -0.05) is 59.6 Å². The van der Waals surface area contributed by atoms with Gasteiger partial charge in [0, 0.05) is 19.9 Å². The molecule has 2 rings (SSSR count). The maximum atomic E-state index is 12.2. The number of hydrogen-bond donors (Lipinski definition) is 1. The van der Waals surface area contributed by atoms with Crippen LogP contribution < -0.4 is 5.32 Å². The number of anilines is 1. The van der Waals surface area contributed by atoms with Crippen molar-refractivity contribution in [3.8, 4) is 0 Å². The molecule has 0 bridgehead atoms. The number of carbonyl (C=O) groups excluding carboxylic acids is 2. The van der Waals surface area contributed by atoms with Gasteiger partial charge in [0.2, 0.25) is 11.8 Å². The number of carbonyl (C=O) groups is 2. The van der Waals surface area contributed by atoms with E-state index in [0.29, 0.717) is 22.3 Å². The zero-order valence-corrected chi connectivity index (χ0v) is 15.6. The highest BCUT2D eigenvalue weighted by Gasteiger charge is 2.19. The number of halogens is 2. The molecule has 2 amide bonds. The number of rotatable bonds is 6. The average Bonchev–Trinajstić information content (AvgIpc) is 2.59. The van der Waals surface area contributed by atoms with Gasteiger partial charge >= 0.3 is 0 Å². The molecule has 0 aliphatic carbocycles. The van der Waals surface area contributed by atoms with E-state index in [-0.39, 0.29) is 24.3 Å². The van der Waals surface area contributed by atoms with Gasteiger partial charge in [-0.2, -0.15) is 0 Å². The Morgan fingerprint density at radius 2 is 1.76 bits per heavy atom. The molecule has 132 valence electrons. The summed E-state index contributed by atoms with van der Waals surface area (Å²) in [7, 11) is 0. The number of hydrogen-bond acceptors (Lipinski definition) is 2. The van der Waals surface area contributed by atoms with Crippen molar-refractivity contribution in [3.63, 3.8) is 0 Å². The van der Waals surface area contributed by atoms with E-state index in [1.807, 2.05) is 37.3 Å². The van der Waals surface area contributed by atoms with Crippen LogP contribution in [0.3, 0.4) is 0 Å². The topological polar surface area (TPSA) is 49.4 Å². The van der Waals surface area contributed by atoms with Crippen molar-refractivity contribution in [1.29, 1.82) is 0 Å². The van der Waals surface area contributed by atoms with Crippen LogP contribution in [0.2, 0.25) is 10.0 Å². The molecule has 0 spiro atoms. The molecule has 0 heterocycles. The summed E-state index contributed by atoms with van der Waals surface area (Å²) in [6, 6.07) is 14.6. The van der Waals surface area contributed by atoms with Gasteiger partial charge in [0.05, 0.1) is 21.8 Å². The summed E-state index contributed by atoms with van der Waals surface area (Å²) in [6.07, 6.45) is 0.166. The molecule has 0 aromatic heterocycles. The summed E-state index contributed by atoms with van der Waals surface area (Å²) in [4.78, 5) is 25.9. The Kier molecular flexibility index (Phi) is 6.85. The molecule has 1 N–H and O–H groups in total. The van der Waals surface area contributed by atoms with Gasteiger partial charge in [-0.05, 0) is 24.6 Å². The van der Waals surface area contributed by atoms with Crippen LogP contribution >= 0.6 is 23.2 Å². The van der Waals surface area contributed by atoms with Crippen molar-refractivity contribution in [2.45, 2.75) is 26.3 Å². The number of nitrogens with one attached hydrogen (secondary N) is 1. The first kappa shape index (κ1) is 19.3. The third-order valence-corrected chi connectivity index (χ3v) is 4.78. The van der Waals surface area contributed by atoms with E-state index in [1.165, 1.54) is 6.92 Å². The lowest BCUT2D eigenvalue weighted by Gasteiger charge is -2.28. The van der Waals surface area contributed by atoms with E-state index in [9.17, 15) is 9.59 Å². The van der Waals surface area contributed by atoms with Crippen LogP contribution in [0, 0.1) is 0 Å². The Labute approximate surface area is 157 Å². The minimum Gasteiger partial charge on any atom is -0.336 e. The van der Waals surface area contributed by atoms with Crippen molar-refractivity contribution in [2.75, 3.05) is 11.9 Å². The van der Waals surface area contributed by atoms with E-state index < -0.39 is 0 Å². The van der Waals surface area contributed by atoms with Gasteiger partial charge in [-0.15, -0.1) is 0 Å². The fraction of sp³-hybridized carbons (Fsp3) is 0.263. The number of benzene rings is 2. The molecule has 0 aliphatic rings. The maximum Gasteiger partial charge on any atom is 0.226 e. The van der Waals surface area contributed by atoms with Gasteiger partial charge in [0.1, 0.15) is 0 Å². The lowest BCUT2D eigenvalue weighted by atomic mass is 10.1.